The number of aryl methyl sites for hydroxylation is 2. The van der Waals surface area contributed by atoms with E-state index in [-0.39, 0.29) is 5.56 Å². The van der Waals surface area contributed by atoms with Crippen LogP contribution >= 0.6 is 0 Å². The smallest absolute Gasteiger partial charge is 0.267 e. The Bertz CT molecular complexity index is 546. The number of benzene rings is 1. The highest BCUT2D eigenvalue weighted by atomic mass is 16.1. The molecule has 0 radical (unpaired) electrons. The maximum absolute atomic E-state index is 11.7. The standard InChI is InChI=1S/C13H16N2O/c1-4-11-12(15(3)14-13(11)16)10-7-5-9(2)6-8-10/h5-8H,4H2,1-3H3,(H,14,16). The summed E-state index contributed by atoms with van der Waals surface area (Å²) in [6.07, 6.45) is 0.749. The first kappa shape index (κ1) is 10.7. The molecule has 2 aromatic rings. The van der Waals surface area contributed by atoms with Crippen LogP contribution in [0.5, 0.6) is 0 Å². The number of hydrogen-bond acceptors (Lipinski definition) is 1. The van der Waals surface area contributed by atoms with Gasteiger partial charge in [-0.2, -0.15) is 0 Å². The Morgan fingerprint density at radius 3 is 2.44 bits per heavy atom. The minimum atomic E-state index is 0.0144. The molecule has 1 aromatic heterocycles. The zero-order chi connectivity index (χ0) is 11.7. The number of rotatable bonds is 2. The van der Waals surface area contributed by atoms with E-state index in [9.17, 15) is 4.79 Å². The van der Waals surface area contributed by atoms with Crippen molar-refractivity contribution in [1.82, 2.24) is 9.78 Å². The molecular weight excluding hydrogens is 200 g/mol. The summed E-state index contributed by atoms with van der Waals surface area (Å²) in [5, 5.41) is 2.80. The molecular formula is C13H16N2O. The minimum absolute atomic E-state index is 0.0144. The lowest BCUT2D eigenvalue weighted by Crippen LogP contribution is -2.05. The maximum atomic E-state index is 11.7. The van der Waals surface area contributed by atoms with Crippen LogP contribution < -0.4 is 5.56 Å². The molecule has 16 heavy (non-hydrogen) atoms. The molecule has 0 bridgehead atoms. The number of H-pyrrole nitrogens is 1. The first-order valence-electron chi connectivity index (χ1n) is 5.48. The molecule has 1 N–H and O–H groups in total. The highest BCUT2D eigenvalue weighted by Crippen LogP contribution is 2.21. The van der Waals surface area contributed by atoms with Crippen LogP contribution in [0.4, 0.5) is 0 Å². The number of aromatic amines is 1. The SMILES string of the molecule is CCc1c(-c2ccc(C)cc2)n(C)[nH]c1=O. The van der Waals surface area contributed by atoms with Gasteiger partial charge >= 0.3 is 0 Å². The van der Waals surface area contributed by atoms with Gasteiger partial charge in [0.25, 0.3) is 5.56 Å². The van der Waals surface area contributed by atoms with Crippen LogP contribution in [-0.2, 0) is 13.5 Å². The molecule has 0 aliphatic rings. The second-order valence-electron chi connectivity index (χ2n) is 4.05. The van der Waals surface area contributed by atoms with Gasteiger partial charge in [-0.1, -0.05) is 36.8 Å². The third-order valence-electron chi connectivity index (χ3n) is 2.84. The molecule has 3 nitrogen and oxygen atoms in total. The molecule has 0 atom stereocenters. The van der Waals surface area contributed by atoms with E-state index in [1.54, 1.807) is 4.68 Å². The molecule has 2 rings (SSSR count). The summed E-state index contributed by atoms with van der Waals surface area (Å²) in [5.41, 5.74) is 4.17. The van der Waals surface area contributed by atoms with Crippen molar-refractivity contribution >= 4 is 0 Å². The van der Waals surface area contributed by atoms with Gasteiger partial charge in [0.15, 0.2) is 0 Å². The van der Waals surface area contributed by atoms with E-state index in [0.29, 0.717) is 0 Å². The molecule has 1 heterocycles. The zero-order valence-corrected chi connectivity index (χ0v) is 9.87. The highest BCUT2D eigenvalue weighted by molar-refractivity contribution is 5.63. The van der Waals surface area contributed by atoms with Gasteiger partial charge < -0.3 is 0 Å². The highest BCUT2D eigenvalue weighted by Gasteiger charge is 2.12. The second-order valence-corrected chi connectivity index (χ2v) is 4.05. The summed E-state index contributed by atoms with van der Waals surface area (Å²) in [6.45, 7) is 4.06. The summed E-state index contributed by atoms with van der Waals surface area (Å²) in [6, 6.07) is 8.23. The van der Waals surface area contributed by atoms with Crippen molar-refractivity contribution in [2.75, 3.05) is 0 Å². The molecule has 1 aromatic carbocycles. The van der Waals surface area contributed by atoms with Crippen molar-refractivity contribution in [3.63, 3.8) is 0 Å². The lowest BCUT2D eigenvalue weighted by molar-refractivity contribution is 0.764. The molecule has 0 saturated heterocycles. The summed E-state index contributed by atoms with van der Waals surface area (Å²) < 4.78 is 1.80. The molecule has 0 spiro atoms. The van der Waals surface area contributed by atoms with Gasteiger partial charge in [-0.3, -0.25) is 14.6 Å². The van der Waals surface area contributed by atoms with Crippen molar-refractivity contribution < 1.29 is 0 Å². The van der Waals surface area contributed by atoms with E-state index in [1.165, 1.54) is 5.56 Å². The largest absolute Gasteiger partial charge is 0.287 e. The van der Waals surface area contributed by atoms with E-state index in [4.69, 9.17) is 0 Å². The molecule has 0 unspecified atom stereocenters. The molecule has 0 aliphatic heterocycles. The van der Waals surface area contributed by atoms with Gasteiger partial charge in [-0.25, -0.2) is 0 Å². The quantitative estimate of drug-likeness (QED) is 0.821. The number of aromatic nitrogens is 2. The van der Waals surface area contributed by atoms with Crippen molar-refractivity contribution in [2.24, 2.45) is 7.05 Å². The van der Waals surface area contributed by atoms with E-state index in [1.807, 2.05) is 14.0 Å². The summed E-state index contributed by atoms with van der Waals surface area (Å²) >= 11 is 0. The molecule has 0 saturated carbocycles. The lowest BCUT2D eigenvalue weighted by atomic mass is 10.0. The normalized spacial score (nSPS) is 10.7. The van der Waals surface area contributed by atoms with Crippen LogP contribution in [0.2, 0.25) is 0 Å². The van der Waals surface area contributed by atoms with Crippen molar-refractivity contribution in [3.8, 4) is 11.3 Å². The maximum Gasteiger partial charge on any atom is 0.267 e. The third kappa shape index (κ3) is 1.69. The predicted molar refractivity (Wildman–Crippen MR) is 65.6 cm³/mol. The van der Waals surface area contributed by atoms with Crippen LogP contribution in [0, 0.1) is 6.92 Å². The molecule has 84 valence electrons. The molecule has 0 fully saturated rings. The zero-order valence-electron chi connectivity index (χ0n) is 9.87. The minimum Gasteiger partial charge on any atom is -0.287 e. The fraction of sp³-hybridized carbons (Fsp3) is 0.308. The van der Waals surface area contributed by atoms with Crippen LogP contribution in [0.15, 0.2) is 29.1 Å². The lowest BCUT2D eigenvalue weighted by Gasteiger charge is -2.05. The first-order valence-corrected chi connectivity index (χ1v) is 5.48. The van der Waals surface area contributed by atoms with Crippen LogP contribution in [0.25, 0.3) is 11.3 Å². The van der Waals surface area contributed by atoms with E-state index in [0.717, 1.165) is 23.2 Å². The Balaban J connectivity index is 2.63. The fourth-order valence-electron chi connectivity index (χ4n) is 1.99. The first-order chi connectivity index (χ1) is 7.63. The predicted octanol–water partition coefficient (Wildman–Crippen LogP) is 2.25. The van der Waals surface area contributed by atoms with Gasteiger partial charge in [0, 0.05) is 18.2 Å². The fourth-order valence-corrected chi connectivity index (χ4v) is 1.99. The summed E-state index contributed by atoms with van der Waals surface area (Å²) in [4.78, 5) is 11.7. The molecule has 0 amide bonds. The van der Waals surface area contributed by atoms with Crippen molar-refractivity contribution in [3.05, 3.63) is 45.7 Å². The van der Waals surface area contributed by atoms with Gasteiger partial charge in [0.1, 0.15) is 0 Å². The van der Waals surface area contributed by atoms with Gasteiger partial charge in [0.2, 0.25) is 0 Å². The van der Waals surface area contributed by atoms with Crippen molar-refractivity contribution in [1.29, 1.82) is 0 Å². The average molecular weight is 216 g/mol. The van der Waals surface area contributed by atoms with Crippen LogP contribution in [-0.4, -0.2) is 9.78 Å². The number of hydrogen-bond donors (Lipinski definition) is 1. The monoisotopic (exact) mass is 216 g/mol. The summed E-state index contributed by atoms with van der Waals surface area (Å²) in [7, 11) is 1.87. The Morgan fingerprint density at radius 1 is 1.25 bits per heavy atom. The van der Waals surface area contributed by atoms with Crippen LogP contribution in [0.3, 0.4) is 0 Å². The second kappa shape index (κ2) is 4.00. The Hall–Kier alpha value is -1.77. The number of nitrogens with zero attached hydrogens (tertiary/aromatic N) is 1. The Morgan fingerprint density at radius 2 is 1.88 bits per heavy atom. The number of nitrogens with one attached hydrogen (secondary N) is 1. The van der Waals surface area contributed by atoms with Gasteiger partial charge in [0.05, 0.1) is 5.69 Å². The average Bonchev–Trinajstić information content (AvgIpc) is 2.54. The van der Waals surface area contributed by atoms with Crippen molar-refractivity contribution in [2.45, 2.75) is 20.3 Å². The van der Waals surface area contributed by atoms with Gasteiger partial charge in [-0.05, 0) is 13.3 Å². The van der Waals surface area contributed by atoms with Crippen LogP contribution in [0.1, 0.15) is 18.1 Å². The summed E-state index contributed by atoms with van der Waals surface area (Å²) in [5.74, 6) is 0. The molecule has 3 heteroatoms. The van der Waals surface area contributed by atoms with E-state index < -0.39 is 0 Å². The van der Waals surface area contributed by atoms with E-state index >= 15 is 0 Å². The van der Waals surface area contributed by atoms with E-state index in [2.05, 4.69) is 36.3 Å². The third-order valence-corrected chi connectivity index (χ3v) is 2.84. The topological polar surface area (TPSA) is 37.8 Å². The Kier molecular flexibility index (Phi) is 2.69. The van der Waals surface area contributed by atoms with Gasteiger partial charge in [-0.15, -0.1) is 0 Å². The molecule has 0 aliphatic carbocycles. The Labute approximate surface area is 94.7 Å².